The lowest BCUT2D eigenvalue weighted by Gasteiger charge is -2.36. The highest BCUT2D eigenvalue weighted by Crippen LogP contribution is 2.31. The Kier molecular flexibility index (Phi) is 3.75. The van der Waals surface area contributed by atoms with E-state index in [0.717, 1.165) is 0 Å². The molecule has 0 spiro atoms. The normalized spacial score (nSPS) is 11.2. The smallest absolute Gasteiger partial charge is 0.153 e. The maximum Gasteiger partial charge on any atom is 0.153 e. The summed E-state index contributed by atoms with van der Waals surface area (Å²) in [4.78, 5) is 10.1. The van der Waals surface area contributed by atoms with Crippen LogP contribution in [-0.4, -0.2) is 22.1 Å². The topological polar surface area (TPSA) is 55.0 Å². The second kappa shape index (κ2) is 4.70. The maximum absolute atomic E-state index is 6.10. The molecule has 0 bridgehead atoms. The molecule has 0 atom stereocenters. The third-order valence-corrected chi connectivity index (χ3v) is 2.54. The molecular weight excluding hydrogens is 224 g/mol. The first-order valence-electron chi connectivity index (χ1n) is 5.02. The summed E-state index contributed by atoms with van der Waals surface area (Å²) in [5, 5.41) is 0.388. The summed E-state index contributed by atoms with van der Waals surface area (Å²) in [6, 6.07) is 0. The van der Waals surface area contributed by atoms with Crippen LogP contribution in [0.5, 0.6) is 0 Å². The van der Waals surface area contributed by atoms with Crippen LogP contribution in [0.25, 0.3) is 0 Å². The van der Waals surface area contributed by atoms with Crippen LogP contribution in [0, 0.1) is 0 Å². The van der Waals surface area contributed by atoms with E-state index < -0.39 is 0 Å². The summed E-state index contributed by atoms with van der Waals surface area (Å²) in [6.07, 6.45) is 3.22. The van der Waals surface area contributed by atoms with Crippen molar-refractivity contribution in [3.8, 4) is 0 Å². The third-order valence-electron chi connectivity index (χ3n) is 2.18. The van der Waals surface area contributed by atoms with Crippen molar-refractivity contribution in [1.29, 1.82) is 0 Å². The van der Waals surface area contributed by atoms with E-state index in [-0.39, 0.29) is 5.54 Å². The molecular formula is C11H17ClN4. The summed E-state index contributed by atoms with van der Waals surface area (Å²) in [5.74, 6) is 0.937. The SMILES string of the molecule is C=CCN(c1ncnc(N)c1Cl)C(C)(C)C. The molecule has 1 aromatic rings. The number of hydrogen-bond donors (Lipinski definition) is 1. The number of anilines is 2. The molecule has 0 aliphatic rings. The molecule has 0 radical (unpaired) electrons. The first-order chi connectivity index (χ1) is 7.38. The minimum Gasteiger partial charge on any atom is -0.382 e. The van der Waals surface area contributed by atoms with Gasteiger partial charge in [0.1, 0.15) is 17.2 Å². The fourth-order valence-corrected chi connectivity index (χ4v) is 1.57. The van der Waals surface area contributed by atoms with E-state index in [2.05, 4.69) is 37.3 Å². The van der Waals surface area contributed by atoms with Crippen molar-refractivity contribution in [2.75, 3.05) is 17.2 Å². The van der Waals surface area contributed by atoms with Gasteiger partial charge in [0.15, 0.2) is 5.82 Å². The molecule has 4 nitrogen and oxygen atoms in total. The van der Waals surface area contributed by atoms with Crippen molar-refractivity contribution in [2.45, 2.75) is 26.3 Å². The number of nitrogens with two attached hydrogens (primary N) is 1. The summed E-state index contributed by atoms with van der Waals surface area (Å²) in [7, 11) is 0. The monoisotopic (exact) mass is 240 g/mol. The molecule has 0 unspecified atom stereocenters. The summed E-state index contributed by atoms with van der Waals surface area (Å²) >= 11 is 6.10. The van der Waals surface area contributed by atoms with Gasteiger partial charge in [0.05, 0.1) is 0 Å². The van der Waals surface area contributed by atoms with Crippen molar-refractivity contribution >= 4 is 23.2 Å². The first-order valence-corrected chi connectivity index (χ1v) is 5.40. The van der Waals surface area contributed by atoms with Gasteiger partial charge in [-0.1, -0.05) is 17.7 Å². The number of aromatic nitrogens is 2. The average molecular weight is 241 g/mol. The molecule has 0 saturated heterocycles. The van der Waals surface area contributed by atoms with Crippen LogP contribution < -0.4 is 10.6 Å². The van der Waals surface area contributed by atoms with Gasteiger partial charge in [-0.25, -0.2) is 9.97 Å². The van der Waals surface area contributed by atoms with Crippen LogP contribution in [0.15, 0.2) is 19.0 Å². The molecule has 0 saturated carbocycles. The highest BCUT2D eigenvalue weighted by atomic mass is 35.5. The van der Waals surface area contributed by atoms with Crippen LogP contribution >= 0.6 is 11.6 Å². The predicted molar refractivity (Wildman–Crippen MR) is 68.8 cm³/mol. The van der Waals surface area contributed by atoms with Crippen molar-refractivity contribution in [3.63, 3.8) is 0 Å². The molecule has 0 fully saturated rings. The van der Waals surface area contributed by atoms with Gasteiger partial charge in [-0.15, -0.1) is 6.58 Å². The average Bonchev–Trinajstić information content (AvgIpc) is 2.18. The maximum atomic E-state index is 6.10. The Bertz CT molecular complexity index is 384. The molecule has 16 heavy (non-hydrogen) atoms. The molecule has 1 rings (SSSR count). The highest BCUT2D eigenvalue weighted by Gasteiger charge is 2.24. The van der Waals surface area contributed by atoms with Gasteiger partial charge in [-0.3, -0.25) is 0 Å². The molecule has 0 amide bonds. The standard InChI is InChI=1S/C11H17ClN4/c1-5-6-16(11(2,3)4)10-8(12)9(13)14-7-15-10/h5,7H,1,6H2,2-4H3,(H2,13,14,15). The lowest BCUT2D eigenvalue weighted by atomic mass is 10.1. The number of nitrogens with zero attached hydrogens (tertiary/aromatic N) is 3. The van der Waals surface area contributed by atoms with Crippen LogP contribution in [-0.2, 0) is 0 Å². The second-order valence-electron chi connectivity index (χ2n) is 4.47. The van der Waals surface area contributed by atoms with Gasteiger partial charge in [0.25, 0.3) is 0 Å². The number of hydrogen-bond acceptors (Lipinski definition) is 4. The lowest BCUT2D eigenvalue weighted by molar-refractivity contribution is 0.517. The molecule has 88 valence electrons. The minimum atomic E-state index is -0.112. The van der Waals surface area contributed by atoms with Crippen LogP contribution in [0.1, 0.15) is 20.8 Å². The third kappa shape index (κ3) is 2.64. The molecule has 5 heteroatoms. The first kappa shape index (κ1) is 12.8. The van der Waals surface area contributed by atoms with Crippen molar-refractivity contribution in [1.82, 2.24) is 9.97 Å². The van der Waals surface area contributed by atoms with Gasteiger partial charge in [0, 0.05) is 12.1 Å². The van der Waals surface area contributed by atoms with Crippen LogP contribution in [0.4, 0.5) is 11.6 Å². The molecule has 0 aliphatic carbocycles. The fraction of sp³-hybridized carbons (Fsp3) is 0.455. The Labute approximate surface area is 101 Å². The number of nitrogen functional groups attached to an aromatic ring is 1. The lowest BCUT2D eigenvalue weighted by Crippen LogP contribution is -2.42. The Morgan fingerprint density at radius 2 is 2.12 bits per heavy atom. The zero-order valence-electron chi connectivity index (χ0n) is 9.87. The number of halogens is 1. The minimum absolute atomic E-state index is 0.112. The largest absolute Gasteiger partial charge is 0.382 e. The van der Waals surface area contributed by atoms with Gasteiger partial charge in [-0.05, 0) is 20.8 Å². The predicted octanol–water partition coefficient (Wildman–Crippen LogP) is 2.50. The summed E-state index contributed by atoms with van der Waals surface area (Å²) in [5.41, 5.74) is 5.55. The zero-order valence-corrected chi connectivity index (χ0v) is 10.6. The quantitative estimate of drug-likeness (QED) is 0.825. The van der Waals surface area contributed by atoms with Gasteiger partial charge in [-0.2, -0.15) is 0 Å². The fourth-order valence-electron chi connectivity index (χ4n) is 1.37. The van der Waals surface area contributed by atoms with Crippen molar-refractivity contribution < 1.29 is 0 Å². The van der Waals surface area contributed by atoms with Gasteiger partial charge < -0.3 is 10.6 Å². The number of rotatable bonds is 3. The molecule has 1 aromatic heterocycles. The van der Waals surface area contributed by atoms with Crippen LogP contribution in [0.2, 0.25) is 5.02 Å². The van der Waals surface area contributed by atoms with E-state index in [1.54, 1.807) is 6.08 Å². The Balaban J connectivity index is 3.21. The Morgan fingerprint density at radius 3 is 2.62 bits per heavy atom. The van der Waals surface area contributed by atoms with Crippen molar-refractivity contribution in [2.24, 2.45) is 0 Å². The van der Waals surface area contributed by atoms with Crippen molar-refractivity contribution in [3.05, 3.63) is 24.0 Å². The zero-order chi connectivity index (χ0) is 12.3. The van der Waals surface area contributed by atoms with Gasteiger partial charge >= 0.3 is 0 Å². The molecule has 2 N–H and O–H groups in total. The van der Waals surface area contributed by atoms with Gasteiger partial charge in [0.2, 0.25) is 0 Å². The van der Waals surface area contributed by atoms with E-state index in [4.69, 9.17) is 17.3 Å². The van der Waals surface area contributed by atoms with E-state index in [1.165, 1.54) is 6.33 Å². The van der Waals surface area contributed by atoms with E-state index >= 15 is 0 Å². The molecule has 0 aliphatic heterocycles. The molecule has 1 heterocycles. The Hall–Kier alpha value is -1.29. The summed E-state index contributed by atoms with van der Waals surface area (Å²) < 4.78 is 0. The highest BCUT2D eigenvalue weighted by molar-refractivity contribution is 6.35. The molecule has 0 aromatic carbocycles. The second-order valence-corrected chi connectivity index (χ2v) is 4.84. The van der Waals surface area contributed by atoms with E-state index in [0.29, 0.717) is 23.2 Å². The van der Waals surface area contributed by atoms with Crippen LogP contribution in [0.3, 0.4) is 0 Å². The van der Waals surface area contributed by atoms with E-state index in [9.17, 15) is 0 Å². The summed E-state index contributed by atoms with van der Waals surface area (Å²) in [6.45, 7) is 10.6. The van der Waals surface area contributed by atoms with E-state index in [1.807, 2.05) is 4.90 Å². The Morgan fingerprint density at radius 1 is 1.50 bits per heavy atom.